The zero-order valence-electron chi connectivity index (χ0n) is 19.3. The standard InChI is InChI=1S/C22H30F5N3O4S/c1-16(31)14-35(33,34)30-12-10-29(11-13-30)20(6-8-21(23,24)9-7-20)15-28-19(32)17-2-4-18(5-3-17)22(25,26)27/h2-5,16,31H,6-15H2,1H3,(H,28,32). The number of sulfonamides is 1. The third-order valence-electron chi connectivity index (χ3n) is 6.72. The molecule has 13 heteroatoms. The Labute approximate surface area is 201 Å². The number of piperazine rings is 1. The Morgan fingerprint density at radius 3 is 2.09 bits per heavy atom. The molecule has 1 aliphatic carbocycles. The third-order valence-corrected chi connectivity index (χ3v) is 8.77. The summed E-state index contributed by atoms with van der Waals surface area (Å²) in [5, 5.41) is 12.1. The average molecular weight is 528 g/mol. The minimum Gasteiger partial charge on any atom is -0.392 e. The molecular formula is C22H30F5N3O4S. The highest BCUT2D eigenvalue weighted by Crippen LogP contribution is 2.42. The second-order valence-electron chi connectivity index (χ2n) is 9.35. The summed E-state index contributed by atoms with van der Waals surface area (Å²) in [5.74, 6) is -3.86. The van der Waals surface area contributed by atoms with Crippen molar-refractivity contribution < 1.29 is 40.3 Å². The van der Waals surface area contributed by atoms with Crippen LogP contribution in [0.1, 0.15) is 48.5 Å². The van der Waals surface area contributed by atoms with E-state index < -0.39 is 51.0 Å². The van der Waals surface area contributed by atoms with Gasteiger partial charge in [-0.25, -0.2) is 17.2 Å². The Hall–Kier alpha value is -1.83. The molecule has 1 aromatic carbocycles. The number of carbonyl (C=O) groups is 1. The molecule has 0 bridgehead atoms. The molecule has 1 saturated carbocycles. The van der Waals surface area contributed by atoms with Gasteiger partial charge in [0.05, 0.1) is 17.4 Å². The molecule has 0 aromatic heterocycles. The lowest BCUT2D eigenvalue weighted by Gasteiger charge is -2.50. The number of nitrogens with zero attached hydrogens (tertiary/aromatic N) is 2. The number of carbonyl (C=O) groups excluding carboxylic acids is 1. The lowest BCUT2D eigenvalue weighted by atomic mass is 9.78. The van der Waals surface area contributed by atoms with E-state index in [-0.39, 0.29) is 64.0 Å². The van der Waals surface area contributed by atoms with E-state index in [4.69, 9.17) is 0 Å². The van der Waals surface area contributed by atoms with Gasteiger partial charge in [-0.2, -0.15) is 17.5 Å². The Balaban J connectivity index is 1.70. The predicted octanol–water partition coefficient (Wildman–Crippen LogP) is 2.71. The van der Waals surface area contributed by atoms with Crippen molar-refractivity contribution in [2.24, 2.45) is 0 Å². The first kappa shape index (κ1) is 27.8. The van der Waals surface area contributed by atoms with E-state index in [9.17, 15) is 40.3 Å². The topological polar surface area (TPSA) is 89.9 Å². The highest BCUT2D eigenvalue weighted by Gasteiger charge is 2.47. The van der Waals surface area contributed by atoms with Crippen LogP contribution in [0.3, 0.4) is 0 Å². The molecule has 0 radical (unpaired) electrons. The Morgan fingerprint density at radius 2 is 1.60 bits per heavy atom. The van der Waals surface area contributed by atoms with Crippen molar-refractivity contribution in [1.82, 2.24) is 14.5 Å². The number of benzene rings is 1. The largest absolute Gasteiger partial charge is 0.416 e. The molecule has 7 nitrogen and oxygen atoms in total. The lowest BCUT2D eigenvalue weighted by Crippen LogP contribution is -2.63. The zero-order chi connectivity index (χ0) is 26.1. The van der Waals surface area contributed by atoms with Crippen LogP contribution in [0, 0.1) is 0 Å². The molecule has 3 rings (SSSR count). The van der Waals surface area contributed by atoms with Crippen molar-refractivity contribution in [2.75, 3.05) is 38.5 Å². The van der Waals surface area contributed by atoms with E-state index in [1.807, 2.05) is 4.90 Å². The second kappa shape index (κ2) is 10.3. The summed E-state index contributed by atoms with van der Waals surface area (Å²) < 4.78 is 92.3. The molecular weight excluding hydrogens is 497 g/mol. The Bertz CT molecular complexity index is 981. The number of alkyl halides is 5. The molecule has 1 atom stereocenters. The second-order valence-corrected chi connectivity index (χ2v) is 11.4. The molecule has 2 fully saturated rings. The summed E-state index contributed by atoms with van der Waals surface area (Å²) in [6.07, 6.45) is -6.17. The minimum absolute atomic E-state index is 0.00333. The van der Waals surface area contributed by atoms with Crippen LogP contribution in [0.25, 0.3) is 0 Å². The fourth-order valence-corrected chi connectivity index (χ4v) is 6.23. The van der Waals surface area contributed by atoms with Crippen molar-refractivity contribution in [3.05, 3.63) is 35.4 Å². The zero-order valence-corrected chi connectivity index (χ0v) is 20.1. The van der Waals surface area contributed by atoms with E-state index >= 15 is 0 Å². The van der Waals surface area contributed by atoms with Gasteiger partial charge in [-0.1, -0.05) is 0 Å². The fraction of sp³-hybridized carbons (Fsp3) is 0.682. The fourth-order valence-electron chi connectivity index (χ4n) is 4.69. The summed E-state index contributed by atoms with van der Waals surface area (Å²) in [7, 11) is -3.66. The summed E-state index contributed by atoms with van der Waals surface area (Å²) in [5.41, 5.74) is -1.70. The van der Waals surface area contributed by atoms with Gasteiger partial charge in [0.15, 0.2) is 0 Å². The van der Waals surface area contributed by atoms with E-state index in [0.717, 1.165) is 24.3 Å². The van der Waals surface area contributed by atoms with Gasteiger partial charge in [-0.3, -0.25) is 9.69 Å². The number of rotatable bonds is 7. The van der Waals surface area contributed by atoms with Gasteiger partial charge >= 0.3 is 6.18 Å². The Morgan fingerprint density at radius 1 is 1.06 bits per heavy atom. The molecule has 1 unspecified atom stereocenters. The first-order valence-electron chi connectivity index (χ1n) is 11.4. The van der Waals surface area contributed by atoms with E-state index in [1.165, 1.54) is 11.2 Å². The van der Waals surface area contributed by atoms with Crippen molar-refractivity contribution in [2.45, 2.75) is 56.3 Å². The van der Waals surface area contributed by atoms with Gasteiger partial charge in [-0.15, -0.1) is 0 Å². The van der Waals surface area contributed by atoms with Crippen LogP contribution in [-0.4, -0.2) is 84.7 Å². The number of aliphatic hydroxyl groups is 1. The SMILES string of the molecule is CC(O)CS(=O)(=O)N1CCN(C2(CNC(=O)c3ccc(C(F)(F)F)cc3)CCC(F)(F)CC2)CC1. The van der Waals surface area contributed by atoms with Gasteiger partial charge in [-0.05, 0) is 44.0 Å². The van der Waals surface area contributed by atoms with E-state index in [2.05, 4.69) is 5.32 Å². The summed E-state index contributed by atoms with van der Waals surface area (Å²) in [4.78, 5) is 14.5. The minimum atomic E-state index is -4.53. The van der Waals surface area contributed by atoms with Crippen LogP contribution in [0.5, 0.6) is 0 Å². The molecule has 35 heavy (non-hydrogen) atoms. The number of amides is 1. The van der Waals surface area contributed by atoms with Crippen LogP contribution < -0.4 is 5.32 Å². The molecule has 198 valence electrons. The molecule has 2 N–H and O–H groups in total. The molecule has 0 spiro atoms. The molecule has 1 saturated heterocycles. The summed E-state index contributed by atoms with van der Waals surface area (Å²) in [6.45, 7) is 2.16. The predicted molar refractivity (Wildman–Crippen MR) is 119 cm³/mol. The molecule has 1 heterocycles. The summed E-state index contributed by atoms with van der Waals surface area (Å²) in [6, 6.07) is 3.73. The maximum Gasteiger partial charge on any atom is 0.416 e. The van der Waals surface area contributed by atoms with E-state index in [1.54, 1.807) is 0 Å². The smallest absolute Gasteiger partial charge is 0.392 e. The highest BCUT2D eigenvalue weighted by atomic mass is 32.2. The third kappa shape index (κ3) is 6.89. The highest BCUT2D eigenvalue weighted by molar-refractivity contribution is 7.89. The molecule has 1 amide bonds. The number of halogens is 5. The van der Waals surface area contributed by atoms with Crippen molar-refractivity contribution >= 4 is 15.9 Å². The first-order valence-corrected chi connectivity index (χ1v) is 13.0. The maximum absolute atomic E-state index is 13.9. The van der Waals surface area contributed by atoms with Gasteiger partial charge in [0, 0.05) is 56.7 Å². The first-order chi connectivity index (χ1) is 16.1. The van der Waals surface area contributed by atoms with Crippen LogP contribution in [0.2, 0.25) is 0 Å². The van der Waals surface area contributed by atoms with Crippen molar-refractivity contribution in [3.63, 3.8) is 0 Å². The van der Waals surface area contributed by atoms with Crippen LogP contribution in [0.4, 0.5) is 22.0 Å². The van der Waals surface area contributed by atoms with Crippen LogP contribution in [-0.2, 0) is 16.2 Å². The molecule has 1 aliphatic heterocycles. The van der Waals surface area contributed by atoms with E-state index in [0.29, 0.717) is 0 Å². The molecule has 1 aromatic rings. The van der Waals surface area contributed by atoms with Gasteiger partial charge < -0.3 is 10.4 Å². The number of nitrogens with one attached hydrogen (secondary N) is 1. The maximum atomic E-state index is 13.9. The van der Waals surface area contributed by atoms with Crippen LogP contribution in [0.15, 0.2) is 24.3 Å². The van der Waals surface area contributed by atoms with Crippen LogP contribution >= 0.6 is 0 Å². The van der Waals surface area contributed by atoms with Crippen molar-refractivity contribution in [1.29, 1.82) is 0 Å². The number of aliphatic hydroxyl groups excluding tert-OH is 1. The molecule has 2 aliphatic rings. The Kier molecular flexibility index (Phi) is 8.14. The van der Waals surface area contributed by atoms with Gasteiger partial charge in [0.2, 0.25) is 15.9 Å². The monoisotopic (exact) mass is 527 g/mol. The number of hydrogen-bond donors (Lipinski definition) is 2. The average Bonchev–Trinajstić information content (AvgIpc) is 2.77. The quantitative estimate of drug-likeness (QED) is 0.533. The normalized spacial score (nSPS) is 22.5. The summed E-state index contributed by atoms with van der Waals surface area (Å²) >= 11 is 0. The van der Waals surface area contributed by atoms with Gasteiger partial charge in [0.25, 0.3) is 5.91 Å². The lowest BCUT2D eigenvalue weighted by molar-refractivity contribution is -0.137. The van der Waals surface area contributed by atoms with Gasteiger partial charge in [0.1, 0.15) is 0 Å². The number of hydrogen-bond acceptors (Lipinski definition) is 5. The van der Waals surface area contributed by atoms with Crippen molar-refractivity contribution in [3.8, 4) is 0 Å².